The number of carbonyl (C=O) groups excluding carboxylic acids is 1. The number of rotatable bonds is 0. The molecule has 4 nitrogen and oxygen atoms in total. The molecule has 0 unspecified atom stereocenters. The van der Waals surface area contributed by atoms with Gasteiger partial charge < -0.3 is 0 Å². The maximum Gasteiger partial charge on any atom is 0.427 e. The second-order valence-corrected chi connectivity index (χ2v) is 3.26. The minimum atomic E-state index is 0.00231. The fourth-order valence-corrected chi connectivity index (χ4v) is 0.719. The molecule has 60 valence electrons. The number of nitrogens with zero attached hydrogens (tertiary/aromatic N) is 3. The Kier molecular flexibility index (Phi) is 1.78. The zero-order valence-corrected chi connectivity index (χ0v) is 6.98. The van der Waals surface area contributed by atoms with E-state index in [0.29, 0.717) is 0 Å². The van der Waals surface area contributed by atoms with Crippen molar-refractivity contribution in [2.75, 3.05) is 21.1 Å². The zero-order valence-electron chi connectivity index (χ0n) is 6.98. The Hall–Kier alpha value is -1.16. The third-order valence-corrected chi connectivity index (χ3v) is 1.30. The average Bonchev–Trinajstić information content (AvgIpc) is 2.34. The van der Waals surface area contributed by atoms with Gasteiger partial charge in [0.1, 0.15) is 6.33 Å². The molecule has 0 aliphatic carbocycles. The van der Waals surface area contributed by atoms with E-state index in [1.165, 1.54) is 10.9 Å². The highest BCUT2D eigenvalue weighted by Gasteiger charge is 2.21. The van der Waals surface area contributed by atoms with Gasteiger partial charge in [0.2, 0.25) is 0 Å². The number of hydrogen-bond acceptors (Lipinski definition) is 2. The summed E-state index contributed by atoms with van der Waals surface area (Å²) >= 11 is 0. The molecule has 1 heterocycles. The van der Waals surface area contributed by atoms with Gasteiger partial charge in [0.15, 0.2) is 0 Å². The van der Waals surface area contributed by atoms with E-state index in [0.717, 1.165) is 0 Å². The summed E-state index contributed by atoms with van der Waals surface area (Å²) in [7, 11) is 5.47. The maximum absolute atomic E-state index is 11.4. The summed E-state index contributed by atoms with van der Waals surface area (Å²) in [5, 5.41) is 0. The molecule has 0 bridgehead atoms. The highest BCUT2D eigenvalue weighted by atomic mass is 16.2. The van der Waals surface area contributed by atoms with Crippen LogP contribution in [0, 0.1) is 0 Å². The molecule has 0 radical (unpaired) electrons. The molecule has 1 rings (SSSR count). The van der Waals surface area contributed by atoms with Crippen molar-refractivity contribution in [1.29, 1.82) is 0 Å². The Labute approximate surface area is 65.7 Å². The van der Waals surface area contributed by atoms with Gasteiger partial charge in [-0.2, -0.15) is 0 Å². The monoisotopic (exact) mass is 154 g/mol. The van der Waals surface area contributed by atoms with Crippen LogP contribution in [0.3, 0.4) is 0 Å². The van der Waals surface area contributed by atoms with Gasteiger partial charge in [-0.1, -0.05) is 0 Å². The maximum atomic E-state index is 11.4. The van der Waals surface area contributed by atoms with Crippen LogP contribution in [0.5, 0.6) is 0 Å². The van der Waals surface area contributed by atoms with Crippen molar-refractivity contribution in [2.45, 2.75) is 0 Å². The number of aromatic nitrogens is 2. The van der Waals surface area contributed by atoms with Gasteiger partial charge in [0.05, 0.1) is 21.1 Å². The quantitative estimate of drug-likeness (QED) is 0.512. The Bertz CT molecular complexity index is 245. The smallest absolute Gasteiger partial charge is 0.247 e. The molecule has 0 spiro atoms. The van der Waals surface area contributed by atoms with E-state index in [1.807, 2.05) is 21.1 Å². The van der Waals surface area contributed by atoms with Crippen molar-refractivity contribution >= 4 is 6.03 Å². The summed E-state index contributed by atoms with van der Waals surface area (Å²) in [6.45, 7) is 0. The second-order valence-electron chi connectivity index (χ2n) is 3.26. The summed E-state index contributed by atoms with van der Waals surface area (Å²) in [5.41, 5.74) is 0. The SMILES string of the molecule is C[N+](C)(C)C(=O)n1ccnc1. The first-order chi connectivity index (χ1) is 5.02. The van der Waals surface area contributed by atoms with Crippen LogP contribution < -0.4 is 0 Å². The molecule has 0 aliphatic rings. The number of amides is 1. The summed E-state index contributed by atoms with van der Waals surface area (Å²) < 4.78 is 1.75. The number of imidazole rings is 1. The van der Waals surface area contributed by atoms with Gasteiger partial charge in [-0.05, 0) is 0 Å². The van der Waals surface area contributed by atoms with Crippen molar-refractivity contribution in [3.8, 4) is 0 Å². The van der Waals surface area contributed by atoms with Gasteiger partial charge in [-0.15, -0.1) is 0 Å². The first kappa shape index (κ1) is 7.94. The lowest BCUT2D eigenvalue weighted by atomic mass is 10.6. The molecule has 0 aromatic carbocycles. The molecule has 0 fully saturated rings. The van der Waals surface area contributed by atoms with Crippen molar-refractivity contribution in [2.24, 2.45) is 0 Å². The van der Waals surface area contributed by atoms with Crippen LogP contribution in [0.25, 0.3) is 0 Å². The minimum absolute atomic E-state index is 0.00231. The molecule has 0 atom stereocenters. The van der Waals surface area contributed by atoms with Crippen molar-refractivity contribution < 1.29 is 9.28 Å². The normalized spacial score (nSPS) is 11.5. The lowest BCUT2D eigenvalue weighted by Gasteiger charge is -2.19. The zero-order chi connectivity index (χ0) is 8.48. The fourth-order valence-electron chi connectivity index (χ4n) is 0.719. The molecular formula is C7H12N3O+. The molecule has 11 heavy (non-hydrogen) atoms. The fraction of sp³-hybridized carbons (Fsp3) is 0.429. The van der Waals surface area contributed by atoms with Crippen LogP contribution >= 0.6 is 0 Å². The number of quaternary nitrogens is 1. The Morgan fingerprint density at radius 1 is 1.45 bits per heavy atom. The van der Waals surface area contributed by atoms with Crippen LogP contribution in [0.2, 0.25) is 0 Å². The molecule has 0 N–H and O–H groups in total. The van der Waals surface area contributed by atoms with Gasteiger partial charge >= 0.3 is 6.03 Å². The molecular weight excluding hydrogens is 142 g/mol. The van der Waals surface area contributed by atoms with Crippen LogP contribution in [-0.2, 0) is 0 Å². The van der Waals surface area contributed by atoms with Gasteiger partial charge in [-0.3, -0.25) is 0 Å². The van der Waals surface area contributed by atoms with E-state index in [9.17, 15) is 4.79 Å². The molecule has 4 heteroatoms. The first-order valence-corrected chi connectivity index (χ1v) is 3.36. The van der Waals surface area contributed by atoms with Crippen LogP contribution in [-0.4, -0.2) is 41.2 Å². The summed E-state index contributed by atoms with van der Waals surface area (Å²) in [5.74, 6) is 0. The number of carbonyl (C=O) groups is 1. The minimum Gasteiger partial charge on any atom is -0.247 e. The van der Waals surface area contributed by atoms with Gasteiger partial charge in [0.25, 0.3) is 0 Å². The van der Waals surface area contributed by atoms with E-state index in [-0.39, 0.29) is 10.5 Å². The Balaban J connectivity index is 2.88. The second kappa shape index (κ2) is 2.47. The van der Waals surface area contributed by atoms with E-state index in [1.54, 1.807) is 12.4 Å². The summed E-state index contributed by atoms with van der Waals surface area (Å²) in [6, 6.07) is 0.00231. The van der Waals surface area contributed by atoms with E-state index in [4.69, 9.17) is 0 Å². The lowest BCUT2D eigenvalue weighted by Crippen LogP contribution is -2.43. The Morgan fingerprint density at radius 3 is 2.45 bits per heavy atom. The first-order valence-electron chi connectivity index (χ1n) is 3.36. The highest BCUT2D eigenvalue weighted by Crippen LogP contribution is 1.97. The van der Waals surface area contributed by atoms with Crippen LogP contribution in [0.15, 0.2) is 18.7 Å². The van der Waals surface area contributed by atoms with Crippen LogP contribution in [0.4, 0.5) is 4.79 Å². The Morgan fingerprint density at radius 2 is 2.09 bits per heavy atom. The topological polar surface area (TPSA) is 34.9 Å². The molecule has 1 aromatic rings. The third kappa shape index (κ3) is 1.65. The summed E-state index contributed by atoms with van der Waals surface area (Å²) in [6.07, 6.45) is 4.74. The van der Waals surface area contributed by atoms with Gasteiger partial charge in [-0.25, -0.2) is 18.8 Å². The predicted molar refractivity (Wildman–Crippen MR) is 41.1 cm³/mol. The average molecular weight is 154 g/mol. The van der Waals surface area contributed by atoms with Crippen molar-refractivity contribution in [1.82, 2.24) is 9.55 Å². The van der Waals surface area contributed by atoms with E-state index < -0.39 is 0 Å². The van der Waals surface area contributed by atoms with E-state index >= 15 is 0 Å². The van der Waals surface area contributed by atoms with Crippen LogP contribution in [0.1, 0.15) is 0 Å². The largest absolute Gasteiger partial charge is 0.427 e. The summed E-state index contributed by atoms with van der Waals surface area (Å²) in [4.78, 5) is 15.2. The standard InChI is InChI=1S/C7H12N3O/c1-10(2,3)7(11)9-5-4-8-6-9/h4-6H,1-3H3/q+1. The molecule has 0 saturated carbocycles. The van der Waals surface area contributed by atoms with E-state index in [2.05, 4.69) is 4.98 Å². The number of hydrogen-bond donors (Lipinski definition) is 0. The molecule has 0 saturated heterocycles. The van der Waals surface area contributed by atoms with Crippen molar-refractivity contribution in [3.05, 3.63) is 18.7 Å². The highest BCUT2D eigenvalue weighted by molar-refractivity contribution is 5.69. The molecule has 0 aliphatic heterocycles. The predicted octanol–water partition coefficient (Wildman–Crippen LogP) is 0.557. The van der Waals surface area contributed by atoms with Crippen molar-refractivity contribution in [3.63, 3.8) is 0 Å². The third-order valence-electron chi connectivity index (χ3n) is 1.30. The molecule has 1 aromatic heterocycles. The lowest BCUT2D eigenvalue weighted by molar-refractivity contribution is -0.787. The van der Waals surface area contributed by atoms with Gasteiger partial charge in [0, 0.05) is 12.4 Å². The molecule has 1 amide bonds.